The molecule has 1 saturated heterocycles. The molecule has 116 valence electrons. The quantitative estimate of drug-likeness (QED) is 0.580. The number of rotatable bonds is 7. The van der Waals surface area contributed by atoms with Crippen LogP contribution in [0.5, 0.6) is 0 Å². The zero-order chi connectivity index (χ0) is 15.1. The molecule has 1 aromatic carbocycles. The van der Waals surface area contributed by atoms with Crippen LogP contribution in [0.25, 0.3) is 0 Å². The van der Waals surface area contributed by atoms with Crippen molar-refractivity contribution in [1.29, 1.82) is 0 Å². The average molecular weight is 355 g/mol. The molecular formula is C17H24BrFN2. The Kier molecular flexibility index (Phi) is 6.87. The number of halogens is 2. The van der Waals surface area contributed by atoms with Gasteiger partial charge in [-0.1, -0.05) is 34.5 Å². The first-order chi connectivity index (χ1) is 10.2. The number of nitrogens with one attached hydrogen (secondary N) is 1. The molecule has 1 aromatic rings. The summed E-state index contributed by atoms with van der Waals surface area (Å²) in [6, 6.07) is 5.63. The molecular weight excluding hydrogens is 331 g/mol. The van der Waals surface area contributed by atoms with E-state index >= 15 is 0 Å². The minimum atomic E-state index is -0.100. The van der Waals surface area contributed by atoms with Gasteiger partial charge in [0.1, 0.15) is 5.82 Å². The van der Waals surface area contributed by atoms with Crippen molar-refractivity contribution in [3.8, 4) is 0 Å². The summed E-state index contributed by atoms with van der Waals surface area (Å²) < 4.78 is 15.1. The highest BCUT2D eigenvalue weighted by atomic mass is 79.9. The van der Waals surface area contributed by atoms with Gasteiger partial charge in [-0.25, -0.2) is 4.39 Å². The predicted molar refractivity (Wildman–Crippen MR) is 89.9 cm³/mol. The smallest absolute Gasteiger partial charge is 0.129 e. The molecule has 0 bridgehead atoms. The second kappa shape index (κ2) is 8.66. The first-order valence-electron chi connectivity index (χ1n) is 7.73. The monoisotopic (exact) mass is 354 g/mol. The topological polar surface area (TPSA) is 15.3 Å². The van der Waals surface area contributed by atoms with E-state index in [1.165, 1.54) is 0 Å². The van der Waals surface area contributed by atoms with Gasteiger partial charge >= 0.3 is 0 Å². The van der Waals surface area contributed by atoms with Crippen LogP contribution >= 0.6 is 15.9 Å². The molecule has 0 saturated carbocycles. The lowest BCUT2D eigenvalue weighted by atomic mass is 9.97. The van der Waals surface area contributed by atoms with Crippen LogP contribution in [-0.4, -0.2) is 31.1 Å². The fourth-order valence-electron chi connectivity index (χ4n) is 2.93. The van der Waals surface area contributed by atoms with E-state index in [2.05, 4.69) is 32.7 Å². The molecule has 0 amide bonds. The van der Waals surface area contributed by atoms with Crippen molar-refractivity contribution in [2.24, 2.45) is 0 Å². The third kappa shape index (κ3) is 4.90. The summed E-state index contributed by atoms with van der Waals surface area (Å²) in [6.45, 7) is 7.72. The van der Waals surface area contributed by atoms with Crippen LogP contribution < -0.4 is 5.32 Å². The molecule has 1 heterocycles. The average Bonchev–Trinajstić information content (AvgIpc) is 2.49. The van der Waals surface area contributed by atoms with Crippen LogP contribution in [0, 0.1) is 5.82 Å². The Labute approximate surface area is 135 Å². The number of piperazine rings is 1. The largest absolute Gasteiger partial charge is 0.314 e. The number of unbranched alkanes of at least 4 members (excludes halogenated alkanes) is 2. The van der Waals surface area contributed by atoms with E-state index in [9.17, 15) is 4.39 Å². The molecule has 1 aliphatic heterocycles. The SMILES string of the molecule is C=CCCCC[C@H](c1ccc(Br)cc1F)N1CCNCC1. The molecule has 0 aliphatic carbocycles. The molecule has 21 heavy (non-hydrogen) atoms. The van der Waals surface area contributed by atoms with E-state index in [4.69, 9.17) is 0 Å². The minimum Gasteiger partial charge on any atom is -0.314 e. The van der Waals surface area contributed by atoms with Gasteiger partial charge in [-0.3, -0.25) is 4.90 Å². The van der Waals surface area contributed by atoms with E-state index in [-0.39, 0.29) is 11.9 Å². The fourth-order valence-corrected chi connectivity index (χ4v) is 3.26. The van der Waals surface area contributed by atoms with E-state index in [1.54, 1.807) is 6.07 Å². The number of allylic oxidation sites excluding steroid dienone is 1. The van der Waals surface area contributed by atoms with Gasteiger partial charge in [0.2, 0.25) is 0 Å². The van der Waals surface area contributed by atoms with Gasteiger partial charge in [-0.2, -0.15) is 0 Å². The molecule has 0 aromatic heterocycles. The van der Waals surface area contributed by atoms with Gasteiger partial charge in [-0.15, -0.1) is 6.58 Å². The highest BCUT2D eigenvalue weighted by Crippen LogP contribution is 2.30. The lowest BCUT2D eigenvalue weighted by molar-refractivity contribution is 0.160. The normalized spacial score (nSPS) is 17.6. The van der Waals surface area contributed by atoms with Crippen LogP contribution in [0.3, 0.4) is 0 Å². The lowest BCUT2D eigenvalue weighted by Gasteiger charge is -2.35. The van der Waals surface area contributed by atoms with Crippen LogP contribution in [0.2, 0.25) is 0 Å². The van der Waals surface area contributed by atoms with Crippen LogP contribution in [0.1, 0.15) is 37.3 Å². The van der Waals surface area contributed by atoms with Gasteiger partial charge in [0.15, 0.2) is 0 Å². The third-order valence-corrected chi connectivity index (χ3v) is 4.54. The molecule has 0 unspecified atom stereocenters. The standard InChI is InChI=1S/C17H24BrFN2/c1-2-3-4-5-6-17(21-11-9-20-10-12-21)15-8-7-14(18)13-16(15)19/h2,7-8,13,17,20H,1,3-6,9-12H2/t17-/m1/s1. The second-order valence-corrected chi connectivity index (χ2v) is 6.46. The summed E-state index contributed by atoms with van der Waals surface area (Å²) in [5, 5.41) is 3.36. The molecule has 1 aliphatic rings. The zero-order valence-electron chi connectivity index (χ0n) is 12.5. The van der Waals surface area contributed by atoms with Crippen molar-refractivity contribution in [2.45, 2.75) is 31.7 Å². The van der Waals surface area contributed by atoms with Crippen molar-refractivity contribution in [3.05, 3.63) is 46.7 Å². The Morgan fingerprint density at radius 2 is 2.10 bits per heavy atom. The number of benzene rings is 1. The second-order valence-electron chi connectivity index (χ2n) is 5.54. The van der Waals surface area contributed by atoms with E-state index in [1.807, 2.05) is 18.2 Å². The van der Waals surface area contributed by atoms with E-state index in [0.29, 0.717) is 0 Å². The molecule has 1 fully saturated rings. The maximum atomic E-state index is 14.3. The molecule has 1 N–H and O–H groups in total. The van der Waals surface area contributed by atoms with Crippen LogP contribution in [0.4, 0.5) is 4.39 Å². The summed E-state index contributed by atoms with van der Waals surface area (Å²) in [5.74, 6) is -0.100. The molecule has 4 heteroatoms. The summed E-state index contributed by atoms with van der Waals surface area (Å²) >= 11 is 3.34. The number of nitrogens with zero attached hydrogens (tertiary/aromatic N) is 1. The highest BCUT2D eigenvalue weighted by Gasteiger charge is 2.24. The Morgan fingerprint density at radius 3 is 2.76 bits per heavy atom. The van der Waals surface area contributed by atoms with Crippen LogP contribution in [0.15, 0.2) is 35.3 Å². The number of hydrogen-bond acceptors (Lipinski definition) is 2. The molecule has 1 atom stereocenters. The zero-order valence-corrected chi connectivity index (χ0v) is 14.0. The van der Waals surface area contributed by atoms with E-state index in [0.717, 1.165) is 61.9 Å². The van der Waals surface area contributed by atoms with E-state index < -0.39 is 0 Å². The van der Waals surface area contributed by atoms with Gasteiger partial charge in [0, 0.05) is 42.3 Å². The molecule has 2 nitrogen and oxygen atoms in total. The molecule has 2 rings (SSSR count). The molecule has 0 radical (unpaired) electrons. The first kappa shape index (κ1) is 16.7. The van der Waals surface area contributed by atoms with Crippen molar-refractivity contribution in [2.75, 3.05) is 26.2 Å². The van der Waals surface area contributed by atoms with Crippen molar-refractivity contribution in [3.63, 3.8) is 0 Å². The van der Waals surface area contributed by atoms with Gasteiger partial charge in [-0.05, 0) is 31.4 Å². The Morgan fingerprint density at radius 1 is 1.33 bits per heavy atom. The van der Waals surface area contributed by atoms with Crippen molar-refractivity contribution < 1.29 is 4.39 Å². The summed E-state index contributed by atoms with van der Waals surface area (Å²) in [5.41, 5.74) is 0.832. The van der Waals surface area contributed by atoms with Crippen LogP contribution in [-0.2, 0) is 0 Å². The summed E-state index contributed by atoms with van der Waals surface area (Å²) in [7, 11) is 0. The lowest BCUT2D eigenvalue weighted by Crippen LogP contribution is -2.45. The molecule has 0 spiro atoms. The Bertz CT molecular complexity index is 458. The number of hydrogen-bond donors (Lipinski definition) is 1. The first-order valence-corrected chi connectivity index (χ1v) is 8.52. The fraction of sp³-hybridized carbons (Fsp3) is 0.529. The Hall–Kier alpha value is -0.710. The van der Waals surface area contributed by atoms with Crippen molar-refractivity contribution >= 4 is 15.9 Å². The minimum absolute atomic E-state index is 0.100. The highest BCUT2D eigenvalue weighted by molar-refractivity contribution is 9.10. The maximum Gasteiger partial charge on any atom is 0.129 e. The predicted octanol–water partition coefficient (Wildman–Crippen LogP) is 4.28. The summed E-state index contributed by atoms with van der Waals surface area (Å²) in [4.78, 5) is 2.41. The van der Waals surface area contributed by atoms with Crippen molar-refractivity contribution in [1.82, 2.24) is 10.2 Å². The van der Waals surface area contributed by atoms with Gasteiger partial charge in [0.05, 0.1) is 0 Å². The maximum absolute atomic E-state index is 14.3. The Balaban J connectivity index is 2.11. The third-order valence-electron chi connectivity index (χ3n) is 4.05. The van der Waals surface area contributed by atoms with Gasteiger partial charge in [0.25, 0.3) is 0 Å². The summed E-state index contributed by atoms with van der Waals surface area (Å²) in [6.07, 6.45) is 6.24. The van der Waals surface area contributed by atoms with Gasteiger partial charge < -0.3 is 5.32 Å².